The van der Waals surface area contributed by atoms with E-state index in [1.54, 1.807) is 30.3 Å². The number of benzene rings is 3. The standard InChI is InChI=1S/C30H28N2O5.H2S/c33-19-26(34)17-12-21-10-15-25(16-11-21)31-29(35)28(18-24-14-13-23-8-4-5-9-27(23)24)32-30(36)37-20-22-6-2-1-3-7-22;/h1-12,14-17,28,33H,13,18-20H2,(H,31,35)(H,32,36);1H2/b17-12+;. The highest BCUT2D eigenvalue weighted by atomic mass is 32.1. The number of carbonyl (C=O) groups excluding carboxylic acids is 3. The minimum atomic E-state index is -0.859. The van der Waals surface area contributed by atoms with Crippen LogP contribution in [0.15, 0.2) is 91.0 Å². The van der Waals surface area contributed by atoms with Crippen molar-refractivity contribution in [1.82, 2.24) is 5.32 Å². The van der Waals surface area contributed by atoms with Gasteiger partial charge in [-0.15, -0.1) is 0 Å². The van der Waals surface area contributed by atoms with E-state index in [9.17, 15) is 14.4 Å². The van der Waals surface area contributed by atoms with Crippen LogP contribution in [0.4, 0.5) is 10.5 Å². The smallest absolute Gasteiger partial charge is 0.408 e. The van der Waals surface area contributed by atoms with Gasteiger partial charge in [0.25, 0.3) is 0 Å². The second-order valence-electron chi connectivity index (χ2n) is 8.62. The Morgan fingerprint density at radius 3 is 2.39 bits per heavy atom. The van der Waals surface area contributed by atoms with E-state index in [-0.39, 0.29) is 26.0 Å². The molecule has 0 saturated carbocycles. The van der Waals surface area contributed by atoms with Gasteiger partial charge in [0.15, 0.2) is 5.78 Å². The summed E-state index contributed by atoms with van der Waals surface area (Å²) in [5.74, 6) is -0.770. The Morgan fingerprint density at radius 1 is 0.947 bits per heavy atom. The number of anilines is 1. The van der Waals surface area contributed by atoms with Crippen molar-refractivity contribution in [2.24, 2.45) is 0 Å². The molecule has 3 aromatic carbocycles. The van der Waals surface area contributed by atoms with Crippen LogP contribution in [-0.2, 0) is 27.4 Å². The molecule has 0 aliphatic heterocycles. The summed E-state index contributed by atoms with van der Waals surface area (Å²) >= 11 is 0. The first-order valence-electron chi connectivity index (χ1n) is 12.0. The molecule has 196 valence electrons. The predicted octanol–water partition coefficient (Wildman–Crippen LogP) is 4.64. The van der Waals surface area contributed by atoms with E-state index in [1.807, 2.05) is 48.5 Å². The average molecular weight is 531 g/mol. The molecule has 0 heterocycles. The number of ketones is 1. The van der Waals surface area contributed by atoms with Crippen LogP contribution in [0.5, 0.6) is 0 Å². The van der Waals surface area contributed by atoms with Crippen LogP contribution in [0.1, 0.15) is 28.7 Å². The number of rotatable bonds is 10. The fourth-order valence-corrected chi connectivity index (χ4v) is 4.03. The lowest BCUT2D eigenvalue weighted by molar-refractivity contribution is -0.118. The highest BCUT2D eigenvalue weighted by molar-refractivity contribution is 7.59. The molecule has 3 aromatic rings. The number of ether oxygens (including phenoxy) is 1. The number of fused-ring (bicyclic) bond motifs is 1. The third-order valence-electron chi connectivity index (χ3n) is 5.97. The van der Waals surface area contributed by atoms with Crippen molar-refractivity contribution in [3.8, 4) is 0 Å². The third-order valence-corrected chi connectivity index (χ3v) is 5.97. The van der Waals surface area contributed by atoms with E-state index in [1.165, 1.54) is 11.6 Å². The van der Waals surface area contributed by atoms with Gasteiger partial charge in [-0.2, -0.15) is 13.5 Å². The van der Waals surface area contributed by atoms with E-state index < -0.39 is 24.5 Å². The molecule has 3 N–H and O–H groups in total. The summed E-state index contributed by atoms with van der Waals surface area (Å²) in [7, 11) is 0. The second-order valence-corrected chi connectivity index (χ2v) is 8.62. The molecule has 0 radical (unpaired) electrons. The summed E-state index contributed by atoms with van der Waals surface area (Å²) in [5.41, 5.74) is 5.39. The number of amides is 2. The van der Waals surface area contributed by atoms with Gasteiger partial charge < -0.3 is 20.5 Å². The zero-order chi connectivity index (χ0) is 26.0. The first-order chi connectivity index (χ1) is 18.0. The lowest BCUT2D eigenvalue weighted by Gasteiger charge is -2.20. The number of allylic oxidation sites excluding steroid dienone is 1. The van der Waals surface area contributed by atoms with Crippen LogP contribution >= 0.6 is 13.5 Å². The molecule has 7 nitrogen and oxygen atoms in total. The summed E-state index contributed by atoms with van der Waals surface area (Å²) in [6.45, 7) is -0.450. The van der Waals surface area contributed by atoms with E-state index in [2.05, 4.69) is 22.8 Å². The van der Waals surface area contributed by atoms with Gasteiger partial charge in [0.05, 0.1) is 0 Å². The molecule has 0 fully saturated rings. The average Bonchev–Trinajstić information content (AvgIpc) is 3.34. The van der Waals surface area contributed by atoms with Crippen molar-refractivity contribution in [1.29, 1.82) is 0 Å². The topological polar surface area (TPSA) is 105 Å². The lowest BCUT2D eigenvalue weighted by atomic mass is 9.99. The van der Waals surface area contributed by atoms with Crippen LogP contribution in [0.25, 0.3) is 11.6 Å². The number of carbonyl (C=O) groups is 3. The van der Waals surface area contributed by atoms with Crippen LogP contribution in [0.2, 0.25) is 0 Å². The number of aliphatic hydroxyl groups is 1. The fourth-order valence-electron chi connectivity index (χ4n) is 4.03. The van der Waals surface area contributed by atoms with Gasteiger partial charge in [0.1, 0.15) is 19.3 Å². The first kappa shape index (κ1) is 28.4. The molecule has 0 saturated heterocycles. The van der Waals surface area contributed by atoms with E-state index >= 15 is 0 Å². The molecule has 0 spiro atoms. The Morgan fingerprint density at radius 2 is 1.66 bits per heavy atom. The fraction of sp³-hybridized carbons (Fsp3) is 0.167. The molecule has 0 bridgehead atoms. The SMILES string of the molecule is O=C(/C=C/c1ccc(NC(=O)C(CC2=CCc3ccccc32)NC(=O)OCc2ccccc2)cc1)CO.S. The quantitative estimate of drug-likeness (QED) is 0.332. The minimum absolute atomic E-state index is 0. The molecule has 1 aliphatic rings. The monoisotopic (exact) mass is 530 g/mol. The maximum absolute atomic E-state index is 13.3. The maximum atomic E-state index is 13.3. The molecule has 1 unspecified atom stereocenters. The zero-order valence-electron chi connectivity index (χ0n) is 20.7. The van der Waals surface area contributed by atoms with Crippen molar-refractivity contribution in [3.05, 3.63) is 113 Å². The van der Waals surface area contributed by atoms with Crippen LogP contribution < -0.4 is 10.6 Å². The molecule has 0 aromatic heterocycles. The predicted molar refractivity (Wildman–Crippen MR) is 153 cm³/mol. The summed E-state index contributed by atoms with van der Waals surface area (Å²) in [4.78, 5) is 37.1. The minimum Gasteiger partial charge on any atom is -0.445 e. The van der Waals surface area contributed by atoms with Gasteiger partial charge in [0, 0.05) is 12.1 Å². The molecular weight excluding hydrogens is 500 g/mol. The Kier molecular flexibility index (Phi) is 10.5. The lowest BCUT2D eigenvalue weighted by Crippen LogP contribution is -2.44. The van der Waals surface area contributed by atoms with Crippen molar-refractivity contribution in [2.75, 3.05) is 11.9 Å². The van der Waals surface area contributed by atoms with Crippen molar-refractivity contribution in [2.45, 2.75) is 25.5 Å². The largest absolute Gasteiger partial charge is 0.445 e. The number of alkyl carbamates (subject to hydrolysis) is 1. The first-order valence-corrected chi connectivity index (χ1v) is 12.0. The number of aliphatic hydroxyl groups excluding tert-OH is 1. The number of hydrogen-bond donors (Lipinski definition) is 3. The molecular formula is C30H30N2O5S. The number of hydrogen-bond acceptors (Lipinski definition) is 5. The van der Waals surface area contributed by atoms with Crippen LogP contribution in [-0.4, -0.2) is 35.5 Å². The van der Waals surface area contributed by atoms with Gasteiger partial charge in [-0.25, -0.2) is 4.79 Å². The zero-order valence-corrected chi connectivity index (χ0v) is 21.7. The number of nitrogens with one attached hydrogen (secondary N) is 2. The summed E-state index contributed by atoms with van der Waals surface area (Å²) in [5, 5.41) is 14.4. The molecule has 2 amide bonds. The Bertz CT molecular complexity index is 1320. The van der Waals surface area contributed by atoms with E-state index in [0.29, 0.717) is 12.1 Å². The van der Waals surface area contributed by atoms with Crippen molar-refractivity contribution < 1.29 is 24.2 Å². The van der Waals surface area contributed by atoms with E-state index in [4.69, 9.17) is 9.84 Å². The van der Waals surface area contributed by atoms with Gasteiger partial charge >= 0.3 is 6.09 Å². The molecule has 1 atom stereocenters. The van der Waals surface area contributed by atoms with Gasteiger partial charge in [-0.05, 0) is 52.5 Å². The molecule has 4 rings (SSSR count). The Balaban J connectivity index is 0.00000400. The van der Waals surface area contributed by atoms with Crippen molar-refractivity contribution >= 4 is 48.6 Å². The van der Waals surface area contributed by atoms with Crippen LogP contribution in [0.3, 0.4) is 0 Å². The normalized spacial score (nSPS) is 12.6. The summed E-state index contributed by atoms with van der Waals surface area (Å²) in [6.07, 6.45) is 5.38. The van der Waals surface area contributed by atoms with Crippen LogP contribution in [0, 0.1) is 0 Å². The van der Waals surface area contributed by atoms with Gasteiger partial charge in [-0.1, -0.05) is 78.9 Å². The summed E-state index contributed by atoms with van der Waals surface area (Å²) < 4.78 is 5.36. The molecule has 8 heteroatoms. The Hall–Kier alpha value is -4.14. The summed E-state index contributed by atoms with van der Waals surface area (Å²) in [6, 6.07) is 23.4. The molecule has 1 aliphatic carbocycles. The van der Waals surface area contributed by atoms with Gasteiger partial charge in [-0.3, -0.25) is 9.59 Å². The van der Waals surface area contributed by atoms with Crippen molar-refractivity contribution in [3.63, 3.8) is 0 Å². The highest BCUT2D eigenvalue weighted by Gasteiger charge is 2.26. The second kappa shape index (κ2) is 14.0. The Labute approximate surface area is 228 Å². The maximum Gasteiger partial charge on any atom is 0.408 e. The molecule has 38 heavy (non-hydrogen) atoms. The third kappa shape index (κ3) is 7.93. The van der Waals surface area contributed by atoms with E-state index in [0.717, 1.165) is 28.7 Å². The van der Waals surface area contributed by atoms with Gasteiger partial charge in [0.2, 0.25) is 5.91 Å². The highest BCUT2D eigenvalue weighted by Crippen LogP contribution is 2.30.